The summed E-state index contributed by atoms with van der Waals surface area (Å²) in [5.41, 5.74) is 10.4. The molecule has 0 aromatic heterocycles. The average Bonchev–Trinajstić information content (AvgIpc) is 2.93. The second-order valence-electron chi connectivity index (χ2n) is 5.81. The van der Waals surface area contributed by atoms with Crippen molar-refractivity contribution in [3.63, 3.8) is 0 Å². The molecule has 1 aromatic carbocycles. The van der Waals surface area contributed by atoms with Crippen LogP contribution in [0.15, 0.2) is 18.2 Å². The summed E-state index contributed by atoms with van der Waals surface area (Å²) in [5.74, 6) is 0.662. The zero-order valence-corrected chi connectivity index (χ0v) is 11.4. The Morgan fingerprint density at radius 3 is 2.89 bits per heavy atom. The summed E-state index contributed by atoms with van der Waals surface area (Å²) in [6, 6.07) is 7.35. The third-order valence-electron chi connectivity index (χ3n) is 4.62. The molecular weight excluding hydrogens is 222 g/mol. The molecule has 2 aliphatic heterocycles. The minimum Gasteiger partial charge on any atom is -0.374 e. The van der Waals surface area contributed by atoms with Gasteiger partial charge in [0.05, 0.1) is 0 Å². The van der Waals surface area contributed by atoms with Gasteiger partial charge in [-0.15, -0.1) is 0 Å². The van der Waals surface area contributed by atoms with Crippen LogP contribution in [0.4, 0.5) is 5.69 Å². The van der Waals surface area contributed by atoms with Crippen LogP contribution in [0, 0.1) is 5.92 Å². The fourth-order valence-corrected chi connectivity index (χ4v) is 3.57. The van der Waals surface area contributed by atoms with Crippen molar-refractivity contribution in [3.8, 4) is 0 Å². The fourth-order valence-electron chi connectivity index (χ4n) is 3.57. The van der Waals surface area contributed by atoms with Crippen LogP contribution in [-0.4, -0.2) is 38.6 Å². The Morgan fingerprint density at radius 2 is 2.17 bits per heavy atom. The number of rotatable bonds is 2. The van der Waals surface area contributed by atoms with Gasteiger partial charge in [0.25, 0.3) is 0 Å². The van der Waals surface area contributed by atoms with Crippen LogP contribution in [0.5, 0.6) is 0 Å². The number of benzene rings is 1. The van der Waals surface area contributed by atoms with E-state index in [4.69, 9.17) is 5.73 Å². The molecule has 0 aliphatic carbocycles. The van der Waals surface area contributed by atoms with Gasteiger partial charge in [-0.1, -0.05) is 12.1 Å². The Bertz CT molecular complexity index is 443. The lowest BCUT2D eigenvalue weighted by molar-refractivity contribution is 0.312. The van der Waals surface area contributed by atoms with E-state index in [-0.39, 0.29) is 0 Å². The molecule has 3 heteroatoms. The first-order valence-corrected chi connectivity index (χ1v) is 6.94. The highest BCUT2D eigenvalue weighted by molar-refractivity contribution is 5.61. The summed E-state index contributed by atoms with van der Waals surface area (Å²) in [6.45, 7) is 3.11. The Morgan fingerprint density at radius 1 is 1.33 bits per heavy atom. The van der Waals surface area contributed by atoms with E-state index >= 15 is 0 Å². The summed E-state index contributed by atoms with van der Waals surface area (Å²) >= 11 is 0. The SMILES string of the molecule is CN1CCc2c(C3CC(CN)CN3C)cccc21. The zero-order chi connectivity index (χ0) is 12.7. The third-order valence-corrected chi connectivity index (χ3v) is 4.62. The first kappa shape index (κ1) is 12.0. The first-order valence-electron chi connectivity index (χ1n) is 6.94. The van der Waals surface area contributed by atoms with Crippen LogP contribution >= 0.6 is 0 Å². The van der Waals surface area contributed by atoms with E-state index in [1.165, 1.54) is 24.1 Å². The maximum absolute atomic E-state index is 5.84. The molecule has 3 nitrogen and oxygen atoms in total. The molecule has 2 unspecified atom stereocenters. The van der Waals surface area contributed by atoms with Crippen LogP contribution in [0.1, 0.15) is 23.6 Å². The van der Waals surface area contributed by atoms with E-state index in [1.54, 1.807) is 5.56 Å². The summed E-state index contributed by atoms with van der Waals surface area (Å²) in [5, 5.41) is 0. The van der Waals surface area contributed by atoms with E-state index in [0.717, 1.165) is 19.6 Å². The van der Waals surface area contributed by atoms with Crippen molar-refractivity contribution >= 4 is 5.69 Å². The van der Waals surface area contributed by atoms with Gasteiger partial charge in [0, 0.05) is 31.9 Å². The zero-order valence-electron chi connectivity index (χ0n) is 11.4. The van der Waals surface area contributed by atoms with Gasteiger partial charge in [0.1, 0.15) is 0 Å². The minimum atomic E-state index is 0.569. The fraction of sp³-hybridized carbons (Fsp3) is 0.600. The quantitative estimate of drug-likeness (QED) is 0.859. The molecule has 2 aliphatic rings. The van der Waals surface area contributed by atoms with Gasteiger partial charge in [-0.25, -0.2) is 0 Å². The molecule has 18 heavy (non-hydrogen) atoms. The molecule has 0 amide bonds. The van der Waals surface area contributed by atoms with Gasteiger partial charge in [-0.05, 0) is 49.5 Å². The predicted molar refractivity (Wildman–Crippen MR) is 75.9 cm³/mol. The van der Waals surface area contributed by atoms with E-state index in [9.17, 15) is 0 Å². The number of fused-ring (bicyclic) bond motifs is 1. The number of likely N-dealkylation sites (tertiary alicyclic amines) is 1. The standard InChI is InChI=1S/C15H23N3/c1-17-7-6-13-12(4-3-5-14(13)17)15-8-11(9-16)10-18(15)2/h3-5,11,15H,6-10,16H2,1-2H3. The summed E-state index contributed by atoms with van der Waals surface area (Å²) in [6.07, 6.45) is 2.41. The van der Waals surface area contributed by atoms with Gasteiger partial charge in [-0.3, -0.25) is 4.90 Å². The normalized spacial score (nSPS) is 27.8. The summed E-state index contributed by atoms with van der Waals surface area (Å²) in [4.78, 5) is 4.85. The number of likely N-dealkylation sites (N-methyl/N-ethyl adjacent to an activating group) is 1. The van der Waals surface area contributed by atoms with Crippen molar-refractivity contribution in [2.24, 2.45) is 11.7 Å². The van der Waals surface area contributed by atoms with Crippen molar-refractivity contribution in [3.05, 3.63) is 29.3 Å². The van der Waals surface area contributed by atoms with Crippen LogP contribution in [0.25, 0.3) is 0 Å². The third kappa shape index (κ3) is 1.82. The molecule has 0 spiro atoms. The van der Waals surface area contributed by atoms with E-state index in [2.05, 4.69) is 42.1 Å². The predicted octanol–water partition coefficient (Wildman–Crippen LogP) is 1.63. The smallest absolute Gasteiger partial charge is 0.0400 e. The number of anilines is 1. The summed E-state index contributed by atoms with van der Waals surface area (Å²) < 4.78 is 0. The molecular formula is C15H23N3. The Hall–Kier alpha value is -1.06. The van der Waals surface area contributed by atoms with Crippen molar-refractivity contribution < 1.29 is 0 Å². The van der Waals surface area contributed by atoms with Crippen LogP contribution in [0.3, 0.4) is 0 Å². The Balaban J connectivity index is 1.94. The lowest BCUT2D eigenvalue weighted by Gasteiger charge is -2.22. The van der Waals surface area contributed by atoms with Crippen LogP contribution < -0.4 is 10.6 Å². The summed E-state index contributed by atoms with van der Waals surface area (Å²) in [7, 11) is 4.43. The molecule has 1 aromatic rings. The monoisotopic (exact) mass is 245 g/mol. The number of nitrogens with zero attached hydrogens (tertiary/aromatic N) is 2. The van der Waals surface area contributed by atoms with Crippen molar-refractivity contribution in [2.75, 3.05) is 38.6 Å². The first-order chi connectivity index (χ1) is 8.70. The lowest BCUT2D eigenvalue weighted by Crippen LogP contribution is -2.21. The molecule has 3 rings (SSSR count). The molecule has 2 N–H and O–H groups in total. The molecule has 0 bridgehead atoms. The Labute approximate surface area is 110 Å². The molecule has 98 valence electrons. The molecule has 1 fully saturated rings. The maximum Gasteiger partial charge on any atom is 0.0400 e. The van der Waals surface area contributed by atoms with Crippen LogP contribution in [-0.2, 0) is 6.42 Å². The van der Waals surface area contributed by atoms with Crippen molar-refractivity contribution in [1.82, 2.24) is 4.90 Å². The van der Waals surface area contributed by atoms with Gasteiger partial charge in [0.2, 0.25) is 0 Å². The molecule has 0 radical (unpaired) electrons. The lowest BCUT2D eigenvalue weighted by atomic mass is 9.94. The van der Waals surface area contributed by atoms with Gasteiger partial charge >= 0.3 is 0 Å². The van der Waals surface area contributed by atoms with Gasteiger partial charge in [-0.2, -0.15) is 0 Å². The topological polar surface area (TPSA) is 32.5 Å². The highest BCUT2D eigenvalue weighted by atomic mass is 15.2. The highest BCUT2D eigenvalue weighted by Crippen LogP contribution is 2.40. The molecule has 2 atom stereocenters. The second kappa shape index (κ2) is 4.56. The highest BCUT2D eigenvalue weighted by Gasteiger charge is 2.32. The molecule has 2 heterocycles. The van der Waals surface area contributed by atoms with Crippen molar-refractivity contribution in [2.45, 2.75) is 18.9 Å². The van der Waals surface area contributed by atoms with E-state index < -0.39 is 0 Å². The Kier molecular flexibility index (Phi) is 3.04. The maximum atomic E-state index is 5.84. The number of hydrogen-bond acceptors (Lipinski definition) is 3. The van der Waals surface area contributed by atoms with Gasteiger partial charge in [0.15, 0.2) is 0 Å². The minimum absolute atomic E-state index is 0.569. The molecule has 0 saturated carbocycles. The van der Waals surface area contributed by atoms with Crippen molar-refractivity contribution in [1.29, 1.82) is 0 Å². The molecule has 1 saturated heterocycles. The average molecular weight is 245 g/mol. The van der Waals surface area contributed by atoms with Crippen LogP contribution in [0.2, 0.25) is 0 Å². The largest absolute Gasteiger partial charge is 0.374 e. The van der Waals surface area contributed by atoms with Gasteiger partial charge < -0.3 is 10.6 Å². The van der Waals surface area contributed by atoms with E-state index in [1.807, 2.05) is 0 Å². The number of hydrogen-bond donors (Lipinski definition) is 1. The second-order valence-corrected chi connectivity index (χ2v) is 5.81. The number of nitrogens with two attached hydrogens (primary N) is 1. The van der Waals surface area contributed by atoms with E-state index in [0.29, 0.717) is 12.0 Å².